The minimum atomic E-state index is -3.65. The Morgan fingerprint density at radius 2 is 1.89 bits per heavy atom. The summed E-state index contributed by atoms with van der Waals surface area (Å²) in [4.78, 5) is 0. The highest BCUT2D eigenvalue weighted by molar-refractivity contribution is 8.13. The zero-order chi connectivity index (χ0) is 13.3. The average Bonchev–Trinajstić information content (AvgIpc) is 2.60. The topological polar surface area (TPSA) is 60.2 Å². The minimum Gasteiger partial charge on any atom is -0.356 e. The number of nitrogens with zero attached hydrogens (tertiary/aromatic N) is 1. The van der Waals surface area contributed by atoms with Gasteiger partial charge in [-0.15, -0.1) is 0 Å². The van der Waals surface area contributed by atoms with Gasteiger partial charge < -0.3 is 4.52 Å². The third kappa shape index (κ3) is 3.04. The Labute approximate surface area is 114 Å². The van der Waals surface area contributed by atoms with Gasteiger partial charge in [-0.2, -0.15) is 0 Å². The van der Waals surface area contributed by atoms with E-state index in [-0.39, 0.29) is 5.75 Å². The molecule has 2 aromatic rings. The summed E-state index contributed by atoms with van der Waals surface area (Å²) in [6.45, 7) is 1.73. The summed E-state index contributed by atoms with van der Waals surface area (Å²) < 4.78 is 27.2. The molecule has 7 heteroatoms. The zero-order valence-corrected chi connectivity index (χ0v) is 11.7. The molecule has 18 heavy (non-hydrogen) atoms. The van der Waals surface area contributed by atoms with Gasteiger partial charge in [-0.3, -0.25) is 0 Å². The van der Waals surface area contributed by atoms with E-state index in [1.807, 2.05) is 0 Å². The molecule has 0 amide bonds. The van der Waals surface area contributed by atoms with Crippen LogP contribution in [-0.2, 0) is 14.8 Å². The van der Waals surface area contributed by atoms with Crippen LogP contribution in [0, 0.1) is 6.92 Å². The molecule has 0 saturated heterocycles. The van der Waals surface area contributed by atoms with E-state index in [1.54, 1.807) is 31.2 Å². The van der Waals surface area contributed by atoms with Crippen molar-refractivity contribution in [2.45, 2.75) is 12.7 Å². The number of benzene rings is 1. The molecule has 0 fully saturated rings. The second-order valence-electron chi connectivity index (χ2n) is 3.77. The van der Waals surface area contributed by atoms with Gasteiger partial charge in [0.25, 0.3) is 0 Å². The molecule has 0 saturated carbocycles. The lowest BCUT2D eigenvalue weighted by Gasteiger charge is -1.98. The van der Waals surface area contributed by atoms with Crippen LogP contribution in [0.5, 0.6) is 0 Å². The monoisotopic (exact) mass is 305 g/mol. The van der Waals surface area contributed by atoms with Gasteiger partial charge in [0, 0.05) is 26.8 Å². The molecule has 0 atom stereocenters. The Kier molecular flexibility index (Phi) is 3.66. The zero-order valence-electron chi connectivity index (χ0n) is 9.35. The number of hydrogen-bond donors (Lipinski definition) is 0. The lowest BCUT2D eigenvalue weighted by molar-refractivity contribution is 0.425. The molecule has 0 bridgehead atoms. The molecule has 2 rings (SSSR count). The molecule has 1 aromatic carbocycles. The van der Waals surface area contributed by atoms with Crippen molar-refractivity contribution in [3.05, 3.63) is 40.5 Å². The van der Waals surface area contributed by atoms with Crippen molar-refractivity contribution in [2.24, 2.45) is 0 Å². The van der Waals surface area contributed by atoms with E-state index >= 15 is 0 Å². The Morgan fingerprint density at radius 1 is 1.28 bits per heavy atom. The van der Waals surface area contributed by atoms with Crippen molar-refractivity contribution < 1.29 is 12.9 Å². The fourth-order valence-corrected chi connectivity index (χ4v) is 2.57. The van der Waals surface area contributed by atoms with Crippen LogP contribution in [0.3, 0.4) is 0 Å². The van der Waals surface area contributed by atoms with Gasteiger partial charge in [0.1, 0.15) is 11.4 Å². The molecular weight excluding hydrogens is 297 g/mol. The second kappa shape index (κ2) is 4.91. The van der Waals surface area contributed by atoms with Crippen LogP contribution in [0.4, 0.5) is 0 Å². The molecule has 1 heterocycles. The van der Waals surface area contributed by atoms with Crippen molar-refractivity contribution >= 4 is 31.3 Å². The molecule has 0 N–H and O–H groups in total. The Hall–Kier alpha value is -1.04. The molecular formula is C11H9Cl2NO3S. The third-order valence-corrected chi connectivity index (χ3v) is 3.63. The average molecular weight is 306 g/mol. The summed E-state index contributed by atoms with van der Waals surface area (Å²) in [5, 5.41) is 4.34. The molecule has 0 aliphatic carbocycles. The lowest BCUT2D eigenvalue weighted by atomic mass is 10.1. The van der Waals surface area contributed by atoms with Crippen LogP contribution in [0.2, 0.25) is 5.02 Å². The Morgan fingerprint density at radius 3 is 2.44 bits per heavy atom. The van der Waals surface area contributed by atoms with Gasteiger partial charge in [0.05, 0.1) is 0 Å². The summed E-state index contributed by atoms with van der Waals surface area (Å²) >= 11 is 5.79. The molecule has 0 unspecified atom stereocenters. The number of aromatic nitrogens is 1. The van der Waals surface area contributed by atoms with Crippen molar-refractivity contribution in [1.82, 2.24) is 5.16 Å². The summed E-state index contributed by atoms with van der Waals surface area (Å²) in [6, 6.07) is 6.98. The van der Waals surface area contributed by atoms with E-state index in [0.29, 0.717) is 22.0 Å². The molecule has 0 aliphatic heterocycles. The van der Waals surface area contributed by atoms with Gasteiger partial charge in [-0.25, -0.2) is 8.42 Å². The summed E-state index contributed by atoms with van der Waals surface area (Å²) in [5.41, 5.74) is 1.75. The predicted octanol–water partition coefficient (Wildman–Crippen LogP) is 3.37. The first-order valence-electron chi connectivity index (χ1n) is 5.00. The van der Waals surface area contributed by atoms with Gasteiger partial charge in [-0.05, 0) is 31.2 Å². The minimum absolute atomic E-state index is 0.315. The number of hydrogen-bond acceptors (Lipinski definition) is 4. The first-order valence-corrected chi connectivity index (χ1v) is 7.86. The summed E-state index contributed by atoms with van der Waals surface area (Å²) in [6.07, 6.45) is 0. The van der Waals surface area contributed by atoms with Crippen LogP contribution in [0.25, 0.3) is 11.3 Å². The molecule has 0 radical (unpaired) electrons. The maximum absolute atomic E-state index is 11.0. The normalized spacial score (nSPS) is 11.7. The van der Waals surface area contributed by atoms with E-state index in [2.05, 4.69) is 5.16 Å². The van der Waals surface area contributed by atoms with Crippen LogP contribution in [-0.4, -0.2) is 13.6 Å². The third-order valence-electron chi connectivity index (χ3n) is 2.44. The van der Waals surface area contributed by atoms with Crippen LogP contribution in [0.15, 0.2) is 28.8 Å². The largest absolute Gasteiger partial charge is 0.356 e. The standard InChI is InChI=1S/C11H9Cl2NO3S/c1-7-10(6-18(13,15)16)14-17-11(7)8-2-4-9(12)5-3-8/h2-5H,6H2,1H3. The predicted molar refractivity (Wildman–Crippen MR) is 70.2 cm³/mol. The quantitative estimate of drug-likeness (QED) is 0.816. The highest BCUT2D eigenvalue weighted by Gasteiger charge is 2.18. The first kappa shape index (κ1) is 13.4. The van der Waals surface area contributed by atoms with Crippen LogP contribution < -0.4 is 0 Å². The number of halogens is 2. The molecule has 1 aromatic heterocycles. The van der Waals surface area contributed by atoms with Gasteiger partial charge in [0.2, 0.25) is 9.05 Å². The molecule has 4 nitrogen and oxygen atoms in total. The SMILES string of the molecule is Cc1c(CS(=O)(=O)Cl)noc1-c1ccc(Cl)cc1. The van der Waals surface area contributed by atoms with E-state index in [1.165, 1.54) is 0 Å². The fourth-order valence-electron chi connectivity index (χ4n) is 1.54. The van der Waals surface area contributed by atoms with Crippen LogP contribution in [0.1, 0.15) is 11.3 Å². The maximum Gasteiger partial charge on any atom is 0.238 e. The lowest BCUT2D eigenvalue weighted by Crippen LogP contribution is -1.97. The van der Waals surface area contributed by atoms with Gasteiger partial charge in [0.15, 0.2) is 5.76 Å². The summed E-state index contributed by atoms with van der Waals surface area (Å²) in [5.74, 6) is 0.166. The number of rotatable bonds is 3. The molecule has 0 aliphatic rings. The van der Waals surface area contributed by atoms with E-state index in [0.717, 1.165) is 5.56 Å². The van der Waals surface area contributed by atoms with E-state index < -0.39 is 9.05 Å². The van der Waals surface area contributed by atoms with Crippen molar-refractivity contribution in [2.75, 3.05) is 0 Å². The molecule has 0 spiro atoms. The Bertz CT molecular complexity index is 662. The highest BCUT2D eigenvalue weighted by Crippen LogP contribution is 2.28. The first-order chi connectivity index (χ1) is 8.37. The van der Waals surface area contributed by atoms with Crippen molar-refractivity contribution in [3.8, 4) is 11.3 Å². The molecule has 96 valence electrons. The van der Waals surface area contributed by atoms with Gasteiger partial charge in [-0.1, -0.05) is 16.8 Å². The smallest absolute Gasteiger partial charge is 0.238 e. The van der Waals surface area contributed by atoms with E-state index in [4.69, 9.17) is 26.8 Å². The maximum atomic E-state index is 11.0. The summed E-state index contributed by atoms with van der Waals surface area (Å²) in [7, 11) is 1.54. The van der Waals surface area contributed by atoms with Gasteiger partial charge >= 0.3 is 0 Å². The van der Waals surface area contributed by atoms with Crippen LogP contribution >= 0.6 is 22.3 Å². The fraction of sp³-hybridized carbons (Fsp3) is 0.182. The van der Waals surface area contributed by atoms with E-state index in [9.17, 15) is 8.42 Å². The van der Waals surface area contributed by atoms with Crippen molar-refractivity contribution in [3.63, 3.8) is 0 Å². The highest BCUT2D eigenvalue weighted by atomic mass is 35.7. The Balaban J connectivity index is 2.39. The van der Waals surface area contributed by atoms with Crippen molar-refractivity contribution in [1.29, 1.82) is 0 Å². The second-order valence-corrected chi connectivity index (χ2v) is 6.99.